The Morgan fingerprint density at radius 1 is 1.10 bits per heavy atom. The summed E-state index contributed by atoms with van der Waals surface area (Å²) < 4.78 is 5.16. The molecule has 0 spiro atoms. The molecule has 158 valence electrons. The van der Waals surface area contributed by atoms with E-state index in [4.69, 9.17) is 4.74 Å². The number of nitrogens with zero attached hydrogens (tertiary/aromatic N) is 1. The lowest BCUT2D eigenvalue weighted by Crippen LogP contribution is -2.28. The molecule has 1 unspecified atom stereocenters. The predicted molar refractivity (Wildman–Crippen MR) is 119 cm³/mol. The van der Waals surface area contributed by atoms with Crippen molar-refractivity contribution >= 4 is 34.1 Å². The highest BCUT2D eigenvalue weighted by Gasteiger charge is 2.35. The minimum absolute atomic E-state index is 0.0417. The number of methoxy groups -OCH3 is 1. The van der Waals surface area contributed by atoms with E-state index in [0.717, 1.165) is 47.0 Å². The largest absolute Gasteiger partial charge is 0.497 e. The number of carbonyl (C=O) groups is 2. The highest BCUT2D eigenvalue weighted by atomic mass is 16.5. The number of rotatable bonds is 4. The highest BCUT2D eigenvalue weighted by molar-refractivity contribution is 6.04. The molecule has 0 saturated carbocycles. The van der Waals surface area contributed by atoms with Gasteiger partial charge in [-0.1, -0.05) is 6.07 Å². The number of ether oxygens (including phenoxy) is 1. The van der Waals surface area contributed by atoms with Crippen molar-refractivity contribution in [2.75, 3.05) is 23.9 Å². The molecule has 7 nitrogen and oxygen atoms in total. The van der Waals surface area contributed by atoms with Gasteiger partial charge in [0, 0.05) is 35.3 Å². The minimum Gasteiger partial charge on any atom is -0.497 e. The summed E-state index contributed by atoms with van der Waals surface area (Å²) in [5.74, 6) is -0.00927. The Kier molecular flexibility index (Phi) is 4.73. The molecule has 5 rings (SSSR count). The fourth-order valence-electron chi connectivity index (χ4n) is 4.62. The van der Waals surface area contributed by atoms with Crippen molar-refractivity contribution in [3.63, 3.8) is 0 Å². The molecule has 0 bridgehead atoms. The number of aryl methyl sites for hydroxylation is 1. The topological polar surface area (TPSA) is 91.5 Å². The SMILES string of the molecule is COc1ccc(N2CC(C(=O)Nc3ccc4c5c(c(=O)[nH]c4c3)CCC5)CC2=O)cc1. The fraction of sp³-hybridized carbons (Fsp3) is 0.292. The Morgan fingerprint density at radius 3 is 2.65 bits per heavy atom. The van der Waals surface area contributed by atoms with Gasteiger partial charge in [-0.05, 0) is 61.2 Å². The third-order valence-corrected chi connectivity index (χ3v) is 6.23. The number of hydrogen-bond acceptors (Lipinski definition) is 4. The molecule has 1 aliphatic carbocycles. The van der Waals surface area contributed by atoms with Gasteiger partial charge in [0.05, 0.1) is 18.5 Å². The zero-order valence-corrected chi connectivity index (χ0v) is 17.2. The van der Waals surface area contributed by atoms with E-state index < -0.39 is 5.92 Å². The average molecular weight is 417 g/mol. The summed E-state index contributed by atoms with van der Waals surface area (Å²) >= 11 is 0. The van der Waals surface area contributed by atoms with Gasteiger partial charge in [0.2, 0.25) is 11.8 Å². The summed E-state index contributed by atoms with van der Waals surface area (Å²) in [4.78, 5) is 42.2. The third kappa shape index (κ3) is 3.46. The van der Waals surface area contributed by atoms with Crippen LogP contribution >= 0.6 is 0 Å². The first-order valence-electron chi connectivity index (χ1n) is 10.5. The fourth-order valence-corrected chi connectivity index (χ4v) is 4.62. The molecule has 2 heterocycles. The van der Waals surface area contributed by atoms with Crippen LogP contribution in [0.5, 0.6) is 5.75 Å². The van der Waals surface area contributed by atoms with Crippen molar-refractivity contribution in [3.05, 3.63) is 63.9 Å². The van der Waals surface area contributed by atoms with Crippen molar-refractivity contribution < 1.29 is 14.3 Å². The Balaban J connectivity index is 1.33. The van der Waals surface area contributed by atoms with E-state index in [1.165, 1.54) is 0 Å². The highest BCUT2D eigenvalue weighted by Crippen LogP contribution is 2.30. The standard InChI is InChI=1S/C24H23N3O4/c1-31-17-8-6-16(7-9-17)27-13-14(11-22(27)28)23(29)25-15-5-10-19-18-3-2-4-20(18)24(30)26-21(19)12-15/h5-10,12,14H,2-4,11,13H2,1H3,(H,25,29)(H,26,30). The zero-order chi connectivity index (χ0) is 21.5. The summed E-state index contributed by atoms with van der Waals surface area (Å²) in [6, 6.07) is 12.8. The van der Waals surface area contributed by atoms with Gasteiger partial charge < -0.3 is 19.9 Å². The number of H-pyrrole nitrogens is 1. The molecule has 1 fully saturated rings. The molecule has 1 saturated heterocycles. The van der Waals surface area contributed by atoms with Crippen LogP contribution in [-0.2, 0) is 22.4 Å². The molecule has 2 N–H and O–H groups in total. The second-order valence-corrected chi connectivity index (χ2v) is 8.12. The van der Waals surface area contributed by atoms with Crippen LogP contribution in [-0.4, -0.2) is 30.5 Å². The van der Waals surface area contributed by atoms with Crippen LogP contribution in [0.3, 0.4) is 0 Å². The summed E-state index contributed by atoms with van der Waals surface area (Å²) in [7, 11) is 1.59. The number of hydrogen-bond donors (Lipinski definition) is 2. The maximum Gasteiger partial charge on any atom is 0.251 e. The van der Waals surface area contributed by atoms with Crippen LogP contribution in [0.4, 0.5) is 11.4 Å². The Labute approximate surface area is 179 Å². The van der Waals surface area contributed by atoms with Gasteiger partial charge in [-0.2, -0.15) is 0 Å². The van der Waals surface area contributed by atoms with Crippen molar-refractivity contribution in [2.45, 2.75) is 25.7 Å². The second kappa shape index (κ2) is 7.58. The van der Waals surface area contributed by atoms with E-state index >= 15 is 0 Å². The summed E-state index contributed by atoms with van der Waals surface area (Å²) in [6.07, 6.45) is 2.89. The van der Waals surface area contributed by atoms with Crippen LogP contribution in [0.1, 0.15) is 24.0 Å². The Bertz CT molecular complexity index is 1250. The number of carbonyl (C=O) groups excluding carboxylic acids is 2. The Hall–Kier alpha value is -3.61. The average Bonchev–Trinajstić information content (AvgIpc) is 3.41. The second-order valence-electron chi connectivity index (χ2n) is 8.12. The van der Waals surface area contributed by atoms with Crippen LogP contribution < -0.4 is 20.5 Å². The quantitative estimate of drug-likeness (QED) is 0.683. The number of benzene rings is 2. The van der Waals surface area contributed by atoms with E-state index in [0.29, 0.717) is 18.0 Å². The Morgan fingerprint density at radius 2 is 1.87 bits per heavy atom. The van der Waals surface area contributed by atoms with E-state index in [9.17, 15) is 14.4 Å². The van der Waals surface area contributed by atoms with Gasteiger partial charge in [-0.3, -0.25) is 14.4 Å². The lowest BCUT2D eigenvalue weighted by molar-refractivity contribution is -0.122. The molecular formula is C24H23N3O4. The molecule has 1 aromatic heterocycles. The predicted octanol–water partition coefficient (Wildman–Crippen LogP) is 3.02. The number of aromatic nitrogens is 1. The molecule has 7 heteroatoms. The molecule has 0 radical (unpaired) electrons. The van der Waals surface area contributed by atoms with Crippen LogP contribution in [0.15, 0.2) is 47.3 Å². The monoisotopic (exact) mass is 417 g/mol. The van der Waals surface area contributed by atoms with Crippen LogP contribution in [0.25, 0.3) is 10.9 Å². The molecule has 3 aromatic rings. The summed E-state index contributed by atoms with van der Waals surface area (Å²) in [6.45, 7) is 0.328. The van der Waals surface area contributed by atoms with E-state index in [1.807, 2.05) is 24.3 Å². The van der Waals surface area contributed by atoms with Crippen molar-refractivity contribution in [1.29, 1.82) is 0 Å². The lowest BCUT2D eigenvalue weighted by Gasteiger charge is -2.17. The lowest BCUT2D eigenvalue weighted by atomic mass is 10.0. The third-order valence-electron chi connectivity index (χ3n) is 6.23. The molecule has 2 aliphatic rings. The van der Waals surface area contributed by atoms with Crippen LogP contribution in [0, 0.1) is 5.92 Å². The molecule has 31 heavy (non-hydrogen) atoms. The van der Waals surface area contributed by atoms with Gasteiger partial charge in [-0.25, -0.2) is 0 Å². The maximum atomic E-state index is 12.8. The smallest absolute Gasteiger partial charge is 0.251 e. The van der Waals surface area contributed by atoms with E-state index in [2.05, 4.69) is 10.3 Å². The molecule has 2 aromatic carbocycles. The van der Waals surface area contributed by atoms with Gasteiger partial charge >= 0.3 is 0 Å². The number of anilines is 2. The van der Waals surface area contributed by atoms with Gasteiger partial charge in [0.15, 0.2) is 0 Å². The van der Waals surface area contributed by atoms with E-state index in [1.54, 1.807) is 30.2 Å². The van der Waals surface area contributed by atoms with Gasteiger partial charge in [0.25, 0.3) is 5.56 Å². The molecule has 2 amide bonds. The number of aromatic amines is 1. The molecule has 1 aliphatic heterocycles. The number of pyridine rings is 1. The first-order chi connectivity index (χ1) is 15.0. The summed E-state index contributed by atoms with van der Waals surface area (Å²) in [5, 5.41) is 3.95. The number of amides is 2. The summed E-state index contributed by atoms with van der Waals surface area (Å²) in [5.41, 5.74) is 4.05. The van der Waals surface area contributed by atoms with Crippen LogP contribution in [0.2, 0.25) is 0 Å². The van der Waals surface area contributed by atoms with Crippen molar-refractivity contribution in [3.8, 4) is 5.75 Å². The van der Waals surface area contributed by atoms with Gasteiger partial charge in [0.1, 0.15) is 5.75 Å². The van der Waals surface area contributed by atoms with Gasteiger partial charge in [-0.15, -0.1) is 0 Å². The zero-order valence-electron chi connectivity index (χ0n) is 17.2. The number of fused-ring (bicyclic) bond motifs is 3. The maximum absolute atomic E-state index is 12.8. The first-order valence-corrected chi connectivity index (χ1v) is 10.5. The van der Waals surface area contributed by atoms with E-state index in [-0.39, 0.29) is 23.8 Å². The van der Waals surface area contributed by atoms with Crippen molar-refractivity contribution in [1.82, 2.24) is 4.98 Å². The minimum atomic E-state index is -0.440. The molecular weight excluding hydrogens is 394 g/mol. The number of nitrogens with one attached hydrogen (secondary N) is 2. The normalized spacial score (nSPS) is 17.8. The first kappa shape index (κ1) is 19.4. The van der Waals surface area contributed by atoms with Crippen molar-refractivity contribution in [2.24, 2.45) is 5.92 Å². The molecule has 1 atom stereocenters.